The predicted molar refractivity (Wildman–Crippen MR) is 729 cm³/mol. The summed E-state index contributed by atoms with van der Waals surface area (Å²) in [6, 6.07) is 0. The van der Waals surface area contributed by atoms with E-state index < -0.39 is 190 Å². The van der Waals surface area contributed by atoms with Crippen molar-refractivity contribution in [1.82, 2.24) is 10.2 Å². The molecule has 442 valence electrons. The molecule has 0 aromatic carbocycles. The van der Waals surface area contributed by atoms with Gasteiger partial charge in [-0.3, -0.25) is 0 Å². The standard InChI is InChI=1S/C8H6I54N2OP/c1-3(38-9)4(43(14)15)5(45(17)58(33)55(30)41-12,6(63-3,46(18)54(29)40-11)47(19)57(32)52(25)26)8(49(21)59(34)61(36)53(27)28,50(22)60(35)62(37)56(31)42-13)64(2(65)66)7(4,44(16)39-10)48(20)51(23)24/h63H,66H2,1H3/q-5. The first-order chi connectivity index (χ1) is 30.2. The monoisotopic (exact) mass is 7030 g/mol. The second kappa shape index (κ2) is 51.3. The van der Waals surface area contributed by atoms with Gasteiger partial charge < -0.3 is 0 Å². The first-order valence-corrected chi connectivity index (χ1v) is 305. The molecule has 0 aliphatic carbocycles. The molecule has 2 aliphatic heterocycles. The summed E-state index contributed by atoms with van der Waals surface area (Å²) in [6.07, 6.45) is 0. The van der Waals surface area contributed by atoms with E-state index in [1.54, 1.807) is 0 Å². The van der Waals surface area contributed by atoms with E-state index in [2.05, 4.69) is 561 Å². The van der Waals surface area contributed by atoms with Crippen molar-refractivity contribution in [3.63, 3.8) is 0 Å². The number of amides is 1. The van der Waals surface area contributed by atoms with Gasteiger partial charge in [-0.05, 0) is 0 Å². The van der Waals surface area contributed by atoms with Crippen LogP contribution in [0, 0.1) is 0 Å². The van der Waals surface area contributed by atoms with Gasteiger partial charge >= 0.3 is 852 Å². The van der Waals surface area contributed by atoms with Crippen molar-refractivity contribution in [3.8, 4) is 0 Å². The van der Waals surface area contributed by atoms with Crippen molar-refractivity contribution >= 4 is 744 Å². The molecule has 0 spiro atoms. The van der Waals surface area contributed by atoms with Crippen LogP contribution in [-0.4, -0.2) is 25.6 Å². The average molecular weight is 7030 g/mol. The third-order valence-corrected chi connectivity index (χ3v) is 2070. The molecule has 2 fully saturated rings. The molecule has 0 radical (unpaired) electrons. The molecular weight excluding hydrogens is 7020 g/mol. The van der Waals surface area contributed by atoms with Gasteiger partial charge in [0.05, 0.1) is 0 Å². The van der Waals surface area contributed by atoms with Gasteiger partial charge in [0.25, 0.3) is 0 Å². The summed E-state index contributed by atoms with van der Waals surface area (Å²) in [6.45, 7) is 3.12. The van der Waals surface area contributed by atoms with Crippen molar-refractivity contribution in [3.05, 3.63) is 0 Å². The molecule has 0 aromatic heterocycles. The molecule has 0 aromatic rings. The Balaban J connectivity index is 4.36. The number of likely N-dealkylation sites (tertiary alicyclic amines) is 1. The summed E-state index contributed by atoms with van der Waals surface area (Å²) in [7, 11) is -10.9. The summed E-state index contributed by atoms with van der Waals surface area (Å²) in [5.74, 6) is 0. The summed E-state index contributed by atoms with van der Waals surface area (Å²) in [5.41, 5.74) is 0.678. The van der Waals surface area contributed by atoms with Gasteiger partial charge in [-0.15, -0.1) is 0 Å². The maximum atomic E-state index is 17.1. The number of alkyl halides is 9. The van der Waals surface area contributed by atoms with Gasteiger partial charge in [0.1, 0.15) is 0 Å². The van der Waals surface area contributed by atoms with Gasteiger partial charge in [-0.2, -0.15) is 0 Å². The Morgan fingerprint density at radius 2 is 0.879 bits per heavy atom. The predicted octanol–water partition coefficient (Wildman–Crippen LogP) is 27.4. The van der Waals surface area contributed by atoms with E-state index in [9.17, 15) is 0 Å². The number of nitrogens with zero attached hydrogens (tertiary/aromatic N) is 1. The molecule has 3 nitrogen and oxygen atoms in total. The minimum absolute atomic E-state index is 0.0336. The van der Waals surface area contributed by atoms with Crippen LogP contribution in [0.3, 0.4) is 0 Å². The van der Waals surface area contributed by atoms with Gasteiger partial charge in [0.2, 0.25) is 0 Å². The summed E-state index contributed by atoms with van der Waals surface area (Å²) in [4.78, 5) is 20.7. The zero-order valence-electron chi connectivity index (χ0n) is 26.8. The van der Waals surface area contributed by atoms with Crippen LogP contribution in [0.4, 0.5) is 4.79 Å². The van der Waals surface area contributed by atoms with Crippen LogP contribution in [0.15, 0.2) is 0 Å². The Morgan fingerprint density at radius 1 is 0.455 bits per heavy atom. The topological polar surface area (TPSA) is 32.3 Å². The number of fused-ring (bicyclic) bond motifs is 1. The first-order valence-electron chi connectivity index (χ1n) is 11.5. The molecule has 7 unspecified atom stereocenters. The molecule has 1 amide bonds. The Kier molecular flexibility index (Phi) is 78.7. The Hall–Kier alpha value is 39.3. The molecule has 2 rings (SSSR count). The minimum atomic E-state index is -1.86. The Morgan fingerprint density at radius 3 is 1.23 bits per heavy atom. The van der Waals surface area contributed by atoms with Crippen molar-refractivity contribution in [2.45, 2.75) is 22.0 Å². The van der Waals surface area contributed by atoms with Crippen LogP contribution >= 0.6 is 739 Å². The van der Waals surface area contributed by atoms with Crippen LogP contribution in [0.1, 0.15) is 6.92 Å². The molecule has 0 saturated carbocycles. The molecular formula is C8H6I54N2OP-5. The third kappa shape index (κ3) is 23.8. The van der Waals surface area contributed by atoms with Crippen molar-refractivity contribution in [2.75, 3.05) is 0 Å². The number of nitrogens with one attached hydrogen (secondary N) is 1. The Labute approximate surface area is 807 Å². The van der Waals surface area contributed by atoms with E-state index in [4.69, 9.17) is 5.32 Å². The van der Waals surface area contributed by atoms with Gasteiger partial charge in [0, 0.05) is 0 Å². The van der Waals surface area contributed by atoms with E-state index in [0.29, 0.717) is 43.7 Å². The fraction of sp³-hybridized carbons (Fsp3) is 0.875. The molecule has 2 aliphatic rings. The summed E-state index contributed by atoms with van der Waals surface area (Å²) in [5, 5.41) is 5.79. The number of hydrogen-bond donors (Lipinski definition) is 1. The second-order valence-corrected chi connectivity index (χ2v) is 863. The van der Waals surface area contributed by atoms with E-state index in [-0.39, 0.29) is 47.3 Å². The fourth-order valence-electron chi connectivity index (χ4n) is 5.09. The number of rotatable bonds is 25. The quantitative estimate of drug-likeness (QED) is 0.0428. The van der Waals surface area contributed by atoms with E-state index in [0.717, 1.165) is 0 Å². The van der Waals surface area contributed by atoms with Crippen molar-refractivity contribution < 1.29 is 75.0 Å². The Bertz CT molecular complexity index is 1560. The average Bonchev–Trinajstić information content (AvgIpc) is 3.67. The number of carbonyl (C=O) groups is 1. The zero-order chi connectivity index (χ0) is 51.9. The van der Waals surface area contributed by atoms with E-state index in [1.807, 2.05) is 0 Å². The van der Waals surface area contributed by atoms with Crippen LogP contribution in [0.25, 0.3) is 0 Å². The number of halogens is 54. The molecule has 66 heavy (non-hydrogen) atoms. The zero-order valence-corrected chi connectivity index (χ0v) is 145. The van der Waals surface area contributed by atoms with Gasteiger partial charge in [0.15, 0.2) is 0 Å². The third-order valence-electron chi connectivity index (χ3n) is 6.51. The SMILES string of the molecule is CC1([I-]I)NC(I(I)I(I)[I-]I)(I(I)I(I)I(I)I)C2(I(I)I(I)I(I)[I-]I)C(I(I)I(I)I(I)I(I)I)(I(I)I(I)I(I)I(I)[I-]I)N(C(=O)P)C(I(I)[I-]I)(I(I)I(I)I)C12I(I)I. The summed E-state index contributed by atoms with van der Waals surface area (Å²) >= 11 is 84.1. The van der Waals surface area contributed by atoms with Crippen LogP contribution in [-0.2, 0) is 0 Å². The van der Waals surface area contributed by atoms with Gasteiger partial charge in [-0.1, -0.05) is 0 Å². The van der Waals surface area contributed by atoms with Gasteiger partial charge in [-0.25, -0.2) is 0 Å². The van der Waals surface area contributed by atoms with E-state index in [1.165, 1.54) is 0 Å². The van der Waals surface area contributed by atoms with Crippen molar-refractivity contribution in [1.29, 1.82) is 0 Å². The van der Waals surface area contributed by atoms with Crippen LogP contribution in [0.5, 0.6) is 0 Å². The van der Waals surface area contributed by atoms with Crippen LogP contribution in [0.2, 0.25) is 0 Å². The molecule has 2 heterocycles. The number of carbonyl (C=O) groups excluding carboxylic acids is 1. The molecule has 58 heteroatoms. The van der Waals surface area contributed by atoms with Crippen LogP contribution < -0.4 is 75.6 Å². The first kappa shape index (κ1) is 101. The molecule has 1 N–H and O–H groups in total. The van der Waals surface area contributed by atoms with E-state index >= 15 is 4.79 Å². The molecule has 7 atom stereocenters. The molecule has 2 saturated heterocycles. The second-order valence-electron chi connectivity index (χ2n) is 8.58. The normalized spacial score (nSPS) is 32.2. The fourth-order valence-corrected chi connectivity index (χ4v) is 3180. The van der Waals surface area contributed by atoms with Crippen molar-refractivity contribution in [2.24, 2.45) is 0 Å². The number of hydrogen-bond acceptors (Lipinski definition) is 2. The summed E-state index contributed by atoms with van der Waals surface area (Å²) < 4.78 is 2.42. The maximum absolute atomic E-state index is 17.1. The molecule has 0 bridgehead atoms.